The molecular weight excluding hydrogens is 305 g/mol. The molecule has 0 bridgehead atoms. The second kappa shape index (κ2) is 6.87. The zero-order valence-corrected chi connectivity index (χ0v) is 13.7. The topological polar surface area (TPSA) is 37.4 Å². The van der Waals surface area contributed by atoms with Crippen LogP contribution in [-0.2, 0) is 17.7 Å². The van der Waals surface area contributed by atoms with Crippen molar-refractivity contribution in [3.05, 3.63) is 47.4 Å². The number of halogens is 1. The van der Waals surface area contributed by atoms with E-state index in [4.69, 9.17) is 9.82 Å². The van der Waals surface area contributed by atoms with Crippen molar-refractivity contribution in [2.45, 2.75) is 25.7 Å². The number of hydroxylamine groups is 1. The molecule has 5 heteroatoms. The zero-order valence-electron chi connectivity index (χ0n) is 13.7. The minimum Gasteiger partial charge on any atom is -0.312 e. The van der Waals surface area contributed by atoms with Gasteiger partial charge in [-0.1, -0.05) is 12.1 Å². The summed E-state index contributed by atoms with van der Waals surface area (Å²) in [7, 11) is 0. The third-order valence-electron chi connectivity index (χ3n) is 4.72. The molecule has 4 nitrogen and oxygen atoms in total. The number of hydrogen-bond acceptors (Lipinski definition) is 4. The van der Waals surface area contributed by atoms with Gasteiger partial charge >= 0.3 is 0 Å². The first-order valence-corrected chi connectivity index (χ1v) is 8.71. The Kier molecular flexibility index (Phi) is 4.45. The quantitative estimate of drug-likeness (QED) is 0.920. The van der Waals surface area contributed by atoms with Crippen molar-refractivity contribution in [2.75, 3.05) is 31.3 Å². The van der Waals surface area contributed by atoms with Crippen LogP contribution in [0.4, 0.5) is 10.2 Å². The minimum atomic E-state index is -0.205. The number of fused-ring (bicyclic) bond motifs is 1. The van der Waals surface area contributed by atoms with Crippen LogP contribution in [0.15, 0.2) is 30.3 Å². The summed E-state index contributed by atoms with van der Waals surface area (Å²) in [4.78, 5) is 10.7. The fourth-order valence-electron chi connectivity index (χ4n) is 3.48. The summed E-state index contributed by atoms with van der Waals surface area (Å²) in [5.41, 5.74) is 4.69. The molecule has 1 aromatic heterocycles. The largest absolute Gasteiger partial charge is 0.312 e. The molecule has 0 unspecified atom stereocenters. The van der Waals surface area contributed by atoms with Gasteiger partial charge in [-0.2, -0.15) is 0 Å². The molecule has 0 saturated carbocycles. The van der Waals surface area contributed by atoms with Crippen LogP contribution < -0.4 is 10.4 Å². The Balaban J connectivity index is 1.78. The van der Waals surface area contributed by atoms with E-state index in [-0.39, 0.29) is 5.82 Å². The molecule has 1 aliphatic heterocycles. The Morgan fingerprint density at radius 2 is 1.92 bits per heavy atom. The molecule has 24 heavy (non-hydrogen) atoms. The van der Waals surface area contributed by atoms with Gasteiger partial charge in [0.1, 0.15) is 5.82 Å². The summed E-state index contributed by atoms with van der Waals surface area (Å²) in [5.74, 6) is 0.655. The van der Waals surface area contributed by atoms with Crippen LogP contribution >= 0.6 is 0 Å². The van der Waals surface area contributed by atoms with Crippen molar-refractivity contribution in [3.63, 3.8) is 0 Å². The molecule has 1 aromatic carbocycles. The average Bonchev–Trinajstić information content (AvgIpc) is 2.91. The second-order valence-electron chi connectivity index (χ2n) is 6.35. The lowest BCUT2D eigenvalue weighted by molar-refractivity contribution is 0.123. The fourth-order valence-corrected chi connectivity index (χ4v) is 3.48. The van der Waals surface area contributed by atoms with Gasteiger partial charge in [0.15, 0.2) is 5.82 Å². The van der Waals surface area contributed by atoms with Crippen LogP contribution in [-0.4, -0.2) is 31.2 Å². The highest BCUT2D eigenvalue weighted by molar-refractivity contribution is 5.71. The van der Waals surface area contributed by atoms with E-state index in [1.807, 2.05) is 17.2 Å². The third-order valence-corrected chi connectivity index (χ3v) is 4.72. The van der Waals surface area contributed by atoms with Gasteiger partial charge in [-0.3, -0.25) is 4.84 Å². The lowest BCUT2D eigenvalue weighted by atomic mass is 9.89. The van der Waals surface area contributed by atoms with Gasteiger partial charge in [0.05, 0.1) is 13.2 Å². The lowest BCUT2D eigenvalue weighted by Crippen LogP contribution is -2.28. The van der Waals surface area contributed by atoms with E-state index in [1.165, 1.54) is 36.2 Å². The van der Waals surface area contributed by atoms with Gasteiger partial charge in [0.2, 0.25) is 0 Å². The summed E-state index contributed by atoms with van der Waals surface area (Å²) >= 11 is 0. The number of hydrogen-bond donors (Lipinski definition) is 1. The predicted molar refractivity (Wildman–Crippen MR) is 92.4 cm³/mol. The van der Waals surface area contributed by atoms with Crippen molar-refractivity contribution >= 4 is 5.82 Å². The maximum absolute atomic E-state index is 13.3. The van der Waals surface area contributed by atoms with Crippen molar-refractivity contribution < 1.29 is 9.23 Å². The van der Waals surface area contributed by atoms with E-state index in [0.717, 1.165) is 49.4 Å². The van der Waals surface area contributed by atoms with Gasteiger partial charge in [-0.15, -0.1) is 0 Å². The lowest BCUT2D eigenvalue weighted by Gasteiger charge is -2.25. The number of rotatable bonds is 2. The van der Waals surface area contributed by atoms with E-state index in [0.29, 0.717) is 6.61 Å². The van der Waals surface area contributed by atoms with Crippen molar-refractivity contribution in [1.82, 2.24) is 10.3 Å². The maximum atomic E-state index is 13.3. The van der Waals surface area contributed by atoms with Crippen molar-refractivity contribution in [3.8, 4) is 11.1 Å². The number of aryl methyl sites for hydroxylation is 1. The summed E-state index contributed by atoms with van der Waals surface area (Å²) in [6, 6.07) is 8.86. The molecule has 0 amide bonds. The average molecular weight is 327 g/mol. The Hall–Kier alpha value is -1.98. The molecule has 1 saturated heterocycles. The van der Waals surface area contributed by atoms with E-state index >= 15 is 0 Å². The Labute approximate surface area is 141 Å². The maximum Gasteiger partial charge on any atom is 0.153 e. The highest BCUT2D eigenvalue weighted by atomic mass is 19.1. The van der Waals surface area contributed by atoms with Crippen LogP contribution in [0.2, 0.25) is 0 Å². The molecule has 1 N–H and O–H groups in total. The summed E-state index contributed by atoms with van der Waals surface area (Å²) in [6.45, 7) is 3.15. The summed E-state index contributed by atoms with van der Waals surface area (Å²) in [5, 5.41) is 5.22. The van der Waals surface area contributed by atoms with Crippen LogP contribution in [0.25, 0.3) is 11.1 Å². The van der Waals surface area contributed by atoms with E-state index in [2.05, 4.69) is 11.4 Å². The Bertz CT molecular complexity index is 709. The van der Waals surface area contributed by atoms with Gasteiger partial charge in [-0.25, -0.2) is 14.4 Å². The molecule has 0 spiro atoms. The normalized spacial score (nSPS) is 18.1. The monoisotopic (exact) mass is 327 g/mol. The second-order valence-corrected chi connectivity index (χ2v) is 6.35. The van der Waals surface area contributed by atoms with Crippen molar-refractivity contribution in [1.29, 1.82) is 0 Å². The number of anilines is 1. The van der Waals surface area contributed by atoms with E-state index < -0.39 is 0 Å². The molecule has 4 rings (SSSR count). The van der Waals surface area contributed by atoms with Crippen molar-refractivity contribution in [2.24, 2.45) is 0 Å². The summed E-state index contributed by atoms with van der Waals surface area (Å²) < 4.78 is 13.3. The number of aromatic nitrogens is 1. The van der Waals surface area contributed by atoms with Crippen LogP contribution in [0, 0.1) is 5.82 Å². The standard InChI is InChI=1S/C19H22FN3O/c20-15-7-5-14(6-8-15)17-13-19(23-11-9-21-10-12-24-23)22-18-4-2-1-3-16(17)18/h5-8,13,21H,1-4,9-12H2. The zero-order chi connectivity index (χ0) is 16.4. The number of pyridine rings is 1. The number of benzene rings is 1. The van der Waals surface area contributed by atoms with Gasteiger partial charge < -0.3 is 5.32 Å². The minimum absolute atomic E-state index is 0.205. The highest BCUT2D eigenvalue weighted by Crippen LogP contribution is 2.34. The molecule has 2 heterocycles. The van der Waals surface area contributed by atoms with Crippen LogP contribution in [0.5, 0.6) is 0 Å². The van der Waals surface area contributed by atoms with E-state index in [1.54, 1.807) is 0 Å². The van der Waals surface area contributed by atoms with Crippen LogP contribution in [0.3, 0.4) is 0 Å². The fraction of sp³-hybridized carbons (Fsp3) is 0.421. The van der Waals surface area contributed by atoms with Gasteiger partial charge in [0, 0.05) is 18.8 Å². The number of nitrogens with zero attached hydrogens (tertiary/aromatic N) is 2. The first kappa shape index (κ1) is 15.5. The SMILES string of the molecule is Fc1ccc(-c2cc(N3CCNCCO3)nc3c2CCCC3)cc1. The predicted octanol–water partition coefficient (Wildman–Crippen LogP) is 3.11. The molecule has 2 aliphatic rings. The molecule has 0 atom stereocenters. The smallest absolute Gasteiger partial charge is 0.153 e. The highest BCUT2D eigenvalue weighted by Gasteiger charge is 2.21. The molecule has 1 fully saturated rings. The Morgan fingerprint density at radius 1 is 1.08 bits per heavy atom. The first-order valence-electron chi connectivity index (χ1n) is 8.71. The molecule has 0 radical (unpaired) electrons. The molecule has 2 aromatic rings. The van der Waals surface area contributed by atoms with Gasteiger partial charge in [-0.05, 0) is 60.6 Å². The van der Waals surface area contributed by atoms with E-state index in [9.17, 15) is 4.39 Å². The summed E-state index contributed by atoms with van der Waals surface area (Å²) in [6.07, 6.45) is 4.41. The first-order chi connectivity index (χ1) is 11.8. The molecular formula is C19H22FN3O. The third kappa shape index (κ3) is 3.14. The van der Waals surface area contributed by atoms with Gasteiger partial charge in [0.25, 0.3) is 0 Å². The molecule has 1 aliphatic carbocycles. The Morgan fingerprint density at radius 3 is 2.79 bits per heavy atom. The molecule has 126 valence electrons. The van der Waals surface area contributed by atoms with Crippen LogP contribution in [0.1, 0.15) is 24.1 Å². The number of nitrogens with one attached hydrogen (secondary N) is 1.